The average molecular weight is 252 g/mol. The molecule has 0 aromatic heterocycles. The van der Waals surface area contributed by atoms with Crippen molar-refractivity contribution in [1.29, 1.82) is 0 Å². The first-order valence-electron chi connectivity index (χ1n) is 6.80. The first kappa shape index (κ1) is 12.4. The molecule has 0 saturated carbocycles. The van der Waals surface area contributed by atoms with Gasteiger partial charge in [0.1, 0.15) is 0 Å². The summed E-state index contributed by atoms with van der Waals surface area (Å²) in [5, 5.41) is 0. The number of benzene rings is 2. The molecule has 2 nitrogen and oxygen atoms in total. The second-order valence-corrected chi connectivity index (χ2v) is 5.41. The van der Waals surface area contributed by atoms with Crippen LogP contribution in [0.15, 0.2) is 48.5 Å². The molecule has 0 fully saturated rings. The van der Waals surface area contributed by atoms with Crippen molar-refractivity contribution in [2.24, 2.45) is 0 Å². The van der Waals surface area contributed by atoms with Crippen LogP contribution in [-0.4, -0.2) is 11.4 Å². The molecule has 98 valence electrons. The fourth-order valence-corrected chi connectivity index (χ4v) is 3.47. The molecule has 2 aromatic carbocycles. The molecule has 1 atom stereocenters. The molecule has 2 aromatic rings. The third-order valence-corrected chi connectivity index (χ3v) is 4.43. The van der Waals surface area contributed by atoms with Crippen LogP contribution in [-0.2, 0) is 19.4 Å². The van der Waals surface area contributed by atoms with Gasteiger partial charge in [-0.25, -0.2) is 0 Å². The van der Waals surface area contributed by atoms with E-state index in [-0.39, 0.29) is 6.15 Å². The quantitative estimate of drug-likeness (QED) is 0.779. The Morgan fingerprint density at radius 2 is 1.53 bits per heavy atom. The number of hydrogen-bond donors (Lipinski definition) is 1. The molecule has 0 aliphatic carbocycles. The van der Waals surface area contributed by atoms with Gasteiger partial charge in [-0.05, 0) is 35.1 Å². The largest absolute Gasteiger partial charge is 0.344 e. The van der Waals surface area contributed by atoms with Gasteiger partial charge in [-0.2, -0.15) is 0 Å². The summed E-state index contributed by atoms with van der Waals surface area (Å²) >= 11 is 0. The molecule has 2 aliphatic rings. The molecule has 0 radical (unpaired) electrons. The maximum atomic E-state index is 2.64. The van der Waals surface area contributed by atoms with Gasteiger partial charge in [0.05, 0.1) is 0 Å². The number of nitrogens with zero attached hydrogens (tertiary/aromatic N) is 1. The SMILES string of the molecule is N.c1ccc2c(c1)CC1c3ccccc3CCN1C2. The number of rotatable bonds is 0. The van der Waals surface area contributed by atoms with Gasteiger partial charge in [-0.15, -0.1) is 0 Å². The highest BCUT2D eigenvalue weighted by atomic mass is 15.2. The lowest BCUT2D eigenvalue weighted by atomic mass is 9.84. The highest BCUT2D eigenvalue weighted by Crippen LogP contribution is 2.37. The van der Waals surface area contributed by atoms with Crippen LogP contribution in [0.4, 0.5) is 0 Å². The van der Waals surface area contributed by atoms with Crippen molar-refractivity contribution in [2.45, 2.75) is 25.4 Å². The van der Waals surface area contributed by atoms with Gasteiger partial charge in [0.15, 0.2) is 0 Å². The molecule has 0 spiro atoms. The van der Waals surface area contributed by atoms with Crippen LogP contribution in [0.1, 0.15) is 28.3 Å². The van der Waals surface area contributed by atoms with Crippen LogP contribution in [0.5, 0.6) is 0 Å². The summed E-state index contributed by atoms with van der Waals surface area (Å²) in [6, 6.07) is 18.5. The molecule has 3 N–H and O–H groups in total. The van der Waals surface area contributed by atoms with Crippen molar-refractivity contribution in [2.75, 3.05) is 6.54 Å². The van der Waals surface area contributed by atoms with E-state index in [1.54, 1.807) is 11.1 Å². The smallest absolute Gasteiger partial charge is 0.0394 e. The highest BCUT2D eigenvalue weighted by molar-refractivity contribution is 5.38. The van der Waals surface area contributed by atoms with Crippen LogP contribution in [0.2, 0.25) is 0 Å². The minimum Gasteiger partial charge on any atom is -0.344 e. The second-order valence-electron chi connectivity index (χ2n) is 5.41. The minimum absolute atomic E-state index is 0. The van der Waals surface area contributed by atoms with Gasteiger partial charge < -0.3 is 6.15 Å². The van der Waals surface area contributed by atoms with Crippen molar-refractivity contribution < 1.29 is 0 Å². The Balaban J connectivity index is 0.00000110. The van der Waals surface area contributed by atoms with Crippen molar-refractivity contribution in [3.05, 3.63) is 70.8 Å². The van der Waals surface area contributed by atoms with Crippen LogP contribution in [0, 0.1) is 0 Å². The van der Waals surface area contributed by atoms with E-state index in [0.717, 1.165) is 6.54 Å². The van der Waals surface area contributed by atoms with Crippen molar-refractivity contribution in [3.63, 3.8) is 0 Å². The van der Waals surface area contributed by atoms with Gasteiger partial charge in [-0.1, -0.05) is 48.5 Å². The Morgan fingerprint density at radius 3 is 2.37 bits per heavy atom. The molecule has 0 bridgehead atoms. The van der Waals surface area contributed by atoms with Crippen LogP contribution in [0.3, 0.4) is 0 Å². The molecule has 4 rings (SSSR count). The van der Waals surface area contributed by atoms with E-state index in [2.05, 4.69) is 53.4 Å². The van der Waals surface area contributed by atoms with Crippen molar-refractivity contribution >= 4 is 0 Å². The molecule has 19 heavy (non-hydrogen) atoms. The average Bonchev–Trinajstić information content (AvgIpc) is 2.45. The van der Waals surface area contributed by atoms with E-state index >= 15 is 0 Å². The van der Waals surface area contributed by atoms with E-state index in [0.29, 0.717) is 6.04 Å². The standard InChI is InChI=1S/C17H17N.H3N/c1-2-7-15-12-18-10-9-13-5-3-4-8-16(13)17(18)11-14(15)6-1;/h1-8,17H,9-12H2;1H3. The van der Waals surface area contributed by atoms with Gasteiger partial charge in [0, 0.05) is 19.1 Å². The Labute approximate surface area is 114 Å². The molecule has 0 amide bonds. The summed E-state index contributed by atoms with van der Waals surface area (Å²) < 4.78 is 0. The third kappa shape index (κ3) is 1.97. The van der Waals surface area contributed by atoms with Gasteiger partial charge in [0.2, 0.25) is 0 Å². The lowest BCUT2D eigenvalue weighted by molar-refractivity contribution is 0.161. The zero-order chi connectivity index (χ0) is 11.9. The Morgan fingerprint density at radius 1 is 0.842 bits per heavy atom. The summed E-state index contributed by atoms with van der Waals surface area (Å²) in [6.07, 6.45) is 2.38. The van der Waals surface area contributed by atoms with Gasteiger partial charge in [0.25, 0.3) is 0 Å². The molecule has 2 heterocycles. The van der Waals surface area contributed by atoms with E-state index in [9.17, 15) is 0 Å². The van der Waals surface area contributed by atoms with Crippen LogP contribution in [0.25, 0.3) is 0 Å². The predicted octanol–water partition coefficient (Wildman–Crippen LogP) is 3.50. The Bertz CT molecular complexity index is 591. The Kier molecular flexibility index (Phi) is 3.13. The molecular formula is C17H20N2. The lowest BCUT2D eigenvalue weighted by Gasteiger charge is -2.41. The van der Waals surface area contributed by atoms with Crippen LogP contribution >= 0.6 is 0 Å². The van der Waals surface area contributed by atoms with E-state index in [1.165, 1.54) is 30.5 Å². The molecule has 0 saturated heterocycles. The normalized spacial score (nSPS) is 20.7. The number of fused-ring (bicyclic) bond motifs is 4. The first-order chi connectivity index (χ1) is 8.92. The summed E-state index contributed by atoms with van der Waals surface area (Å²) in [5.41, 5.74) is 6.17. The van der Waals surface area contributed by atoms with Crippen molar-refractivity contribution in [3.8, 4) is 0 Å². The Hall–Kier alpha value is -1.64. The molecular weight excluding hydrogens is 232 g/mol. The topological polar surface area (TPSA) is 38.2 Å². The monoisotopic (exact) mass is 252 g/mol. The van der Waals surface area contributed by atoms with E-state index in [1.807, 2.05) is 0 Å². The highest BCUT2D eigenvalue weighted by Gasteiger charge is 2.31. The summed E-state index contributed by atoms with van der Waals surface area (Å²) in [7, 11) is 0. The summed E-state index contributed by atoms with van der Waals surface area (Å²) in [4.78, 5) is 2.64. The lowest BCUT2D eigenvalue weighted by Crippen LogP contribution is -2.39. The maximum absolute atomic E-state index is 2.64. The van der Waals surface area contributed by atoms with Crippen LogP contribution < -0.4 is 6.15 Å². The summed E-state index contributed by atoms with van der Waals surface area (Å²) in [6.45, 7) is 2.32. The number of hydrogen-bond acceptors (Lipinski definition) is 2. The van der Waals surface area contributed by atoms with Gasteiger partial charge >= 0.3 is 0 Å². The van der Waals surface area contributed by atoms with E-state index in [4.69, 9.17) is 0 Å². The minimum atomic E-state index is 0. The van der Waals surface area contributed by atoms with Gasteiger partial charge in [-0.3, -0.25) is 4.90 Å². The van der Waals surface area contributed by atoms with E-state index < -0.39 is 0 Å². The second kappa shape index (κ2) is 4.80. The molecule has 2 aliphatic heterocycles. The molecule has 1 unspecified atom stereocenters. The summed E-state index contributed by atoms with van der Waals surface area (Å²) in [5.74, 6) is 0. The zero-order valence-electron chi connectivity index (χ0n) is 11.2. The fraction of sp³-hybridized carbons (Fsp3) is 0.294. The zero-order valence-corrected chi connectivity index (χ0v) is 11.2. The maximum Gasteiger partial charge on any atom is 0.0394 e. The predicted molar refractivity (Wildman–Crippen MR) is 78.5 cm³/mol. The molecule has 2 heteroatoms. The van der Waals surface area contributed by atoms with Crippen molar-refractivity contribution in [1.82, 2.24) is 11.1 Å². The first-order valence-corrected chi connectivity index (χ1v) is 6.80. The fourth-order valence-electron chi connectivity index (χ4n) is 3.47. The third-order valence-electron chi connectivity index (χ3n) is 4.43.